The van der Waals surface area contributed by atoms with Crippen LogP contribution in [0, 0.1) is 0 Å². The number of nitrogens with zero attached hydrogens (tertiary/aromatic N) is 2. The molecule has 8 heteroatoms. The van der Waals surface area contributed by atoms with E-state index in [0.717, 1.165) is 37.8 Å². The molecule has 0 saturated heterocycles. The van der Waals surface area contributed by atoms with Crippen LogP contribution in [0.3, 0.4) is 0 Å². The van der Waals surface area contributed by atoms with Crippen LogP contribution in [0.25, 0.3) is 0 Å². The molecule has 1 aromatic rings. The van der Waals surface area contributed by atoms with E-state index in [4.69, 9.17) is 27.9 Å². The standard InChI is InChI=1S/C16H26Cl2N4O.HI/c1-12(14-6-5-13(17)11-15(14)18)21-16(19-2)20-7-8-22(3)9-10-23-4;/h5-6,11-12H,7-10H2,1-4H3,(H2,19,20,21);1H. The molecule has 0 bridgehead atoms. The van der Waals surface area contributed by atoms with Crippen LogP contribution in [-0.2, 0) is 4.74 Å². The van der Waals surface area contributed by atoms with Gasteiger partial charge in [-0.3, -0.25) is 4.99 Å². The maximum atomic E-state index is 6.24. The molecule has 0 aliphatic heterocycles. The van der Waals surface area contributed by atoms with Crippen molar-refractivity contribution in [2.24, 2.45) is 4.99 Å². The fourth-order valence-corrected chi connectivity index (χ4v) is 2.63. The Morgan fingerprint density at radius 1 is 1.33 bits per heavy atom. The lowest BCUT2D eigenvalue weighted by molar-refractivity contribution is 0.162. The number of ether oxygens (including phenoxy) is 1. The molecule has 1 aromatic carbocycles. The first-order valence-electron chi connectivity index (χ1n) is 7.57. The van der Waals surface area contributed by atoms with Gasteiger partial charge in [-0.1, -0.05) is 29.3 Å². The minimum atomic E-state index is 0. The molecule has 24 heavy (non-hydrogen) atoms. The van der Waals surface area contributed by atoms with E-state index >= 15 is 0 Å². The molecule has 0 spiro atoms. The van der Waals surface area contributed by atoms with E-state index in [2.05, 4.69) is 27.6 Å². The molecule has 0 aromatic heterocycles. The number of hydrogen-bond donors (Lipinski definition) is 2. The summed E-state index contributed by atoms with van der Waals surface area (Å²) in [5, 5.41) is 7.90. The Bertz CT molecular complexity index is 517. The predicted molar refractivity (Wildman–Crippen MR) is 114 cm³/mol. The van der Waals surface area contributed by atoms with E-state index in [0.29, 0.717) is 10.0 Å². The smallest absolute Gasteiger partial charge is 0.191 e. The van der Waals surface area contributed by atoms with Crippen LogP contribution >= 0.6 is 47.2 Å². The third-order valence-electron chi connectivity index (χ3n) is 3.47. The number of guanidine groups is 1. The summed E-state index contributed by atoms with van der Waals surface area (Å²) in [5.74, 6) is 0.739. The largest absolute Gasteiger partial charge is 0.383 e. The number of hydrogen-bond acceptors (Lipinski definition) is 3. The van der Waals surface area contributed by atoms with Gasteiger partial charge in [0.1, 0.15) is 0 Å². The quantitative estimate of drug-likeness (QED) is 0.334. The lowest BCUT2D eigenvalue weighted by Gasteiger charge is -2.21. The van der Waals surface area contributed by atoms with Gasteiger partial charge in [-0.25, -0.2) is 0 Å². The SMILES string of the molecule is CN=C(NCCN(C)CCOC)NC(C)c1ccc(Cl)cc1Cl.I. The van der Waals surface area contributed by atoms with E-state index in [1.165, 1.54) is 0 Å². The summed E-state index contributed by atoms with van der Waals surface area (Å²) >= 11 is 12.2. The molecular weight excluding hydrogens is 462 g/mol. The third-order valence-corrected chi connectivity index (χ3v) is 4.03. The fourth-order valence-electron chi connectivity index (χ4n) is 2.05. The second kappa shape index (κ2) is 13.0. The van der Waals surface area contributed by atoms with Gasteiger partial charge in [0.25, 0.3) is 0 Å². The van der Waals surface area contributed by atoms with Crippen LogP contribution in [-0.4, -0.2) is 58.3 Å². The fraction of sp³-hybridized carbons (Fsp3) is 0.562. The van der Waals surface area contributed by atoms with Gasteiger partial charge >= 0.3 is 0 Å². The summed E-state index contributed by atoms with van der Waals surface area (Å²) in [6, 6.07) is 5.53. The van der Waals surface area contributed by atoms with Crippen LogP contribution in [0.1, 0.15) is 18.5 Å². The van der Waals surface area contributed by atoms with Crippen molar-refractivity contribution in [3.63, 3.8) is 0 Å². The average molecular weight is 489 g/mol. The van der Waals surface area contributed by atoms with Crippen molar-refractivity contribution >= 4 is 53.1 Å². The van der Waals surface area contributed by atoms with Gasteiger partial charge in [-0.2, -0.15) is 0 Å². The maximum absolute atomic E-state index is 6.24. The number of rotatable bonds is 8. The van der Waals surface area contributed by atoms with Crippen molar-refractivity contribution in [2.45, 2.75) is 13.0 Å². The minimum Gasteiger partial charge on any atom is -0.383 e. The summed E-state index contributed by atoms with van der Waals surface area (Å²) in [6.07, 6.45) is 0. The molecule has 0 heterocycles. The number of halogens is 3. The molecular formula is C16H27Cl2IN4O. The van der Waals surface area contributed by atoms with Gasteiger partial charge in [0.05, 0.1) is 12.6 Å². The molecule has 1 atom stereocenters. The van der Waals surface area contributed by atoms with E-state index < -0.39 is 0 Å². The first kappa shape index (κ1) is 23.7. The Labute approximate surface area is 172 Å². The van der Waals surface area contributed by atoms with E-state index in [1.807, 2.05) is 19.1 Å². The monoisotopic (exact) mass is 488 g/mol. The Hall–Kier alpha value is -0.280. The van der Waals surface area contributed by atoms with Crippen molar-refractivity contribution in [3.05, 3.63) is 33.8 Å². The Morgan fingerprint density at radius 3 is 2.62 bits per heavy atom. The van der Waals surface area contributed by atoms with Crippen LogP contribution in [0.5, 0.6) is 0 Å². The minimum absolute atomic E-state index is 0. The second-order valence-electron chi connectivity index (χ2n) is 5.33. The molecule has 0 saturated carbocycles. The summed E-state index contributed by atoms with van der Waals surface area (Å²) in [6.45, 7) is 5.37. The van der Waals surface area contributed by atoms with Gasteiger partial charge in [0, 0.05) is 43.8 Å². The van der Waals surface area contributed by atoms with Crippen LogP contribution < -0.4 is 10.6 Å². The number of aliphatic imine (C=N–C) groups is 1. The zero-order valence-electron chi connectivity index (χ0n) is 14.6. The lowest BCUT2D eigenvalue weighted by Crippen LogP contribution is -2.42. The van der Waals surface area contributed by atoms with E-state index in [-0.39, 0.29) is 30.0 Å². The zero-order chi connectivity index (χ0) is 17.2. The Morgan fingerprint density at radius 2 is 2.04 bits per heavy atom. The summed E-state index contributed by atoms with van der Waals surface area (Å²) in [4.78, 5) is 6.44. The van der Waals surface area contributed by atoms with Gasteiger partial charge < -0.3 is 20.3 Å². The molecule has 0 amide bonds. The molecule has 5 nitrogen and oxygen atoms in total. The van der Waals surface area contributed by atoms with Gasteiger partial charge in [0.2, 0.25) is 0 Å². The maximum Gasteiger partial charge on any atom is 0.191 e. The van der Waals surface area contributed by atoms with Crippen molar-refractivity contribution in [1.82, 2.24) is 15.5 Å². The summed E-state index contributed by atoms with van der Waals surface area (Å²) < 4.78 is 5.06. The van der Waals surface area contributed by atoms with Crippen molar-refractivity contribution in [1.29, 1.82) is 0 Å². The third kappa shape index (κ3) is 8.71. The first-order chi connectivity index (χ1) is 11.0. The molecule has 1 rings (SSSR count). The molecule has 0 fully saturated rings. The number of benzene rings is 1. The average Bonchev–Trinajstić information content (AvgIpc) is 2.51. The Balaban J connectivity index is 0.00000529. The van der Waals surface area contributed by atoms with E-state index in [1.54, 1.807) is 20.2 Å². The van der Waals surface area contributed by atoms with Crippen LogP contribution in [0.2, 0.25) is 10.0 Å². The topological polar surface area (TPSA) is 48.9 Å². The van der Waals surface area contributed by atoms with Crippen molar-refractivity contribution in [3.8, 4) is 0 Å². The van der Waals surface area contributed by atoms with Crippen molar-refractivity contribution in [2.75, 3.05) is 47.4 Å². The van der Waals surface area contributed by atoms with Gasteiger partial charge in [-0.15, -0.1) is 24.0 Å². The molecule has 0 aliphatic rings. The highest BCUT2D eigenvalue weighted by atomic mass is 127. The molecule has 1 unspecified atom stereocenters. The van der Waals surface area contributed by atoms with E-state index in [9.17, 15) is 0 Å². The molecule has 0 aliphatic carbocycles. The number of methoxy groups -OCH3 is 1. The van der Waals surface area contributed by atoms with Crippen LogP contribution in [0.4, 0.5) is 0 Å². The second-order valence-corrected chi connectivity index (χ2v) is 6.17. The highest BCUT2D eigenvalue weighted by Gasteiger charge is 2.11. The first-order valence-corrected chi connectivity index (χ1v) is 8.33. The highest BCUT2D eigenvalue weighted by molar-refractivity contribution is 14.0. The summed E-state index contributed by atoms with van der Waals surface area (Å²) in [5.41, 5.74) is 0.983. The number of likely N-dealkylation sites (N-methyl/N-ethyl adjacent to an activating group) is 1. The summed E-state index contributed by atoms with van der Waals surface area (Å²) in [7, 11) is 5.52. The van der Waals surface area contributed by atoms with Crippen LogP contribution in [0.15, 0.2) is 23.2 Å². The normalized spacial score (nSPS) is 12.7. The zero-order valence-corrected chi connectivity index (χ0v) is 18.4. The Kier molecular flexibility index (Phi) is 12.8. The predicted octanol–water partition coefficient (Wildman–Crippen LogP) is 3.42. The van der Waals surface area contributed by atoms with Gasteiger partial charge in [-0.05, 0) is 31.7 Å². The molecule has 0 radical (unpaired) electrons. The van der Waals surface area contributed by atoms with Crippen molar-refractivity contribution < 1.29 is 4.74 Å². The van der Waals surface area contributed by atoms with Gasteiger partial charge in [0.15, 0.2) is 5.96 Å². The number of nitrogens with one attached hydrogen (secondary N) is 2. The lowest BCUT2D eigenvalue weighted by atomic mass is 10.1. The highest BCUT2D eigenvalue weighted by Crippen LogP contribution is 2.25. The molecule has 138 valence electrons. The molecule has 2 N–H and O–H groups in total.